The Morgan fingerprint density at radius 3 is 2.28 bits per heavy atom. The number of amides is 1. The predicted molar refractivity (Wildman–Crippen MR) is 77.6 cm³/mol. The second kappa shape index (κ2) is 6.64. The van der Waals surface area contributed by atoms with Crippen molar-refractivity contribution in [2.45, 2.75) is 19.2 Å². The molecule has 0 fully saturated rings. The molecule has 0 aliphatic heterocycles. The van der Waals surface area contributed by atoms with Crippen LogP contribution < -0.4 is 10.2 Å². The van der Waals surface area contributed by atoms with E-state index in [9.17, 15) is 4.79 Å². The van der Waals surface area contributed by atoms with Gasteiger partial charge in [-0.25, -0.2) is 0 Å². The Labute approximate surface area is 114 Å². The molecule has 0 heterocycles. The largest absolute Gasteiger partial charge is 0.378 e. The Bertz CT molecular complexity index is 387. The van der Waals surface area contributed by atoms with Crippen molar-refractivity contribution in [3.8, 4) is 0 Å². The van der Waals surface area contributed by atoms with Gasteiger partial charge < -0.3 is 10.2 Å². The summed E-state index contributed by atoms with van der Waals surface area (Å²) in [6, 6.07) is 7.50. The number of carbonyl (C=O) groups excluding carboxylic acids is 1. The fourth-order valence-electron chi connectivity index (χ4n) is 1.44. The zero-order valence-corrected chi connectivity index (χ0v) is 12.2. The van der Waals surface area contributed by atoms with Crippen LogP contribution in [0.4, 0.5) is 5.69 Å². The first-order valence-electron chi connectivity index (χ1n) is 6.11. The Morgan fingerprint density at radius 1 is 1.28 bits per heavy atom. The second-order valence-electron chi connectivity index (χ2n) is 4.91. The Balaban J connectivity index is 2.57. The molecule has 0 aliphatic carbocycles. The van der Waals surface area contributed by atoms with Gasteiger partial charge in [-0.15, -0.1) is 11.6 Å². The molecule has 1 aromatic carbocycles. The van der Waals surface area contributed by atoms with Crippen molar-refractivity contribution in [1.29, 1.82) is 0 Å². The quantitative estimate of drug-likeness (QED) is 0.833. The Hall–Kier alpha value is -1.22. The predicted octanol–water partition coefficient (Wildman–Crippen LogP) is 2.75. The lowest BCUT2D eigenvalue weighted by molar-refractivity contribution is 0.0952. The van der Waals surface area contributed by atoms with Gasteiger partial charge in [0, 0.05) is 31.9 Å². The summed E-state index contributed by atoms with van der Waals surface area (Å²) in [5, 5.41) is 2.81. The maximum absolute atomic E-state index is 11.9. The second-order valence-corrected chi connectivity index (χ2v) is 5.47. The molecule has 0 aliphatic rings. The fourth-order valence-corrected chi connectivity index (χ4v) is 1.52. The molecule has 0 saturated heterocycles. The van der Waals surface area contributed by atoms with Crippen LogP contribution in [0.3, 0.4) is 0 Å². The highest BCUT2D eigenvalue weighted by Crippen LogP contribution is 2.12. The van der Waals surface area contributed by atoms with Crippen molar-refractivity contribution in [2.75, 3.05) is 25.5 Å². The van der Waals surface area contributed by atoms with Gasteiger partial charge in [-0.2, -0.15) is 0 Å². The lowest BCUT2D eigenvalue weighted by Crippen LogP contribution is -2.31. The van der Waals surface area contributed by atoms with Gasteiger partial charge in [0.05, 0.1) is 5.38 Å². The normalized spacial score (nSPS) is 12.3. The zero-order chi connectivity index (χ0) is 13.7. The Morgan fingerprint density at radius 2 is 1.83 bits per heavy atom. The molecule has 1 unspecified atom stereocenters. The number of hydrogen-bond donors (Lipinski definition) is 1. The van der Waals surface area contributed by atoms with Crippen LogP contribution in [-0.2, 0) is 0 Å². The summed E-state index contributed by atoms with van der Waals surface area (Å²) in [7, 11) is 3.94. The lowest BCUT2D eigenvalue weighted by Gasteiger charge is -2.15. The highest BCUT2D eigenvalue weighted by Gasteiger charge is 2.12. The molecule has 1 N–H and O–H groups in total. The van der Waals surface area contributed by atoms with Crippen LogP contribution in [0.1, 0.15) is 24.2 Å². The molecular weight excluding hydrogens is 248 g/mol. The average Bonchev–Trinajstić information content (AvgIpc) is 2.35. The maximum atomic E-state index is 11.9. The van der Waals surface area contributed by atoms with Crippen molar-refractivity contribution >= 4 is 23.2 Å². The van der Waals surface area contributed by atoms with Gasteiger partial charge in [0.1, 0.15) is 0 Å². The molecule has 0 saturated carbocycles. The molecule has 1 amide bonds. The van der Waals surface area contributed by atoms with Gasteiger partial charge >= 0.3 is 0 Å². The van der Waals surface area contributed by atoms with Gasteiger partial charge in [-0.05, 0) is 30.2 Å². The molecule has 100 valence electrons. The van der Waals surface area contributed by atoms with Gasteiger partial charge in [-0.1, -0.05) is 13.8 Å². The highest BCUT2D eigenvalue weighted by atomic mass is 35.5. The van der Waals surface area contributed by atoms with Crippen molar-refractivity contribution in [3.63, 3.8) is 0 Å². The number of nitrogens with one attached hydrogen (secondary N) is 1. The van der Waals surface area contributed by atoms with E-state index in [4.69, 9.17) is 11.6 Å². The first-order valence-corrected chi connectivity index (χ1v) is 6.55. The molecule has 0 bridgehead atoms. The van der Waals surface area contributed by atoms with Crippen molar-refractivity contribution < 1.29 is 4.79 Å². The Kier molecular flexibility index (Phi) is 5.48. The van der Waals surface area contributed by atoms with E-state index in [1.807, 2.05) is 57.1 Å². The van der Waals surface area contributed by atoms with E-state index in [1.54, 1.807) is 0 Å². The molecule has 18 heavy (non-hydrogen) atoms. The summed E-state index contributed by atoms with van der Waals surface area (Å²) in [5.74, 6) is 0.273. The minimum atomic E-state index is -0.0772. The molecule has 0 radical (unpaired) electrons. The summed E-state index contributed by atoms with van der Waals surface area (Å²) in [6.07, 6.45) is 0. The summed E-state index contributed by atoms with van der Waals surface area (Å²) < 4.78 is 0. The standard InChI is InChI=1S/C14H21ClN2O/c1-10(2)13(15)9-16-14(18)11-5-7-12(8-6-11)17(3)4/h5-8,10,13H,9H2,1-4H3,(H,16,18). The minimum absolute atomic E-state index is 0.0324. The monoisotopic (exact) mass is 268 g/mol. The first-order chi connectivity index (χ1) is 8.41. The van der Waals surface area contributed by atoms with Crippen LogP contribution in [0.25, 0.3) is 0 Å². The summed E-state index contributed by atoms with van der Waals surface area (Å²) in [4.78, 5) is 13.9. The van der Waals surface area contributed by atoms with Crippen LogP contribution in [0.5, 0.6) is 0 Å². The third-order valence-corrected chi connectivity index (χ3v) is 3.49. The number of carbonyl (C=O) groups is 1. The summed E-state index contributed by atoms with van der Waals surface area (Å²) in [5.41, 5.74) is 1.73. The molecule has 0 spiro atoms. The molecule has 1 aromatic rings. The number of nitrogens with zero attached hydrogens (tertiary/aromatic N) is 1. The molecule has 3 nitrogen and oxygen atoms in total. The van der Waals surface area contributed by atoms with E-state index in [0.29, 0.717) is 18.0 Å². The van der Waals surface area contributed by atoms with Crippen molar-refractivity contribution in [1.82, 2.24) is 5.32 Å². The average molecular weight is 269 g/mol. The minimum Gasteiger partial charge on any atom is -0.378 e. The summed E-state index contributed by atoms with van der Waals surface area (Å²) in [6.45, 7) is 4.57. The van der Waals surface area contributed by atoms with E-state index in [2.05, 4.69) is 5.32 Å². The topological polar surface area (TPSA) is 32.3 Å². The van der Waals surface area contributed by atoms with E-state index < -0.39 is 0 Å². The maximum Gasteiger partial charge on any atom is 0.251 e. The van der Waals surface area contributed by atoms with Gasteiger partial charge in [0.25, 0.3) is 5.91 Å². The number of benzene rings is 1. The number of rotatable bonds is 5. The number of anilines is 1. The van der Waals surface area contributed by atoms with Crippen molar-refractivity contribution in [3.05, 3.63) is 29.8 Å². The van der Waals surface area contributed by atoms with Gasteiger partial charge in [0.15, 0.2) is 0 Å². The molecule has 1 rings (SSSR count). The van der Waals surface area contributed by atoms with Crippen LogP contribution in [-0.4, -0.2) is 31.9 Å². The fraction of sp³-hybridized carbons (Fsp3) is 0.500. The van der Waals surface area contributed by atoms with Gasteiger partial charge in [-0.3, -0.25) is 4.79 Å². The zero-order valence-electron chi connectivity index (χ0n) is 11.4. The SMILES string of the molecule is CC(C)C(Cl)CNC(=O)c1ccc(N(C)C)cc1. The van der Waals surface area contributed by atoms with E-state index >= 15 is 0 Å². The highest BCUT2D eigenvalue weighted by molar-refractivity contribution is 6.21. The molecule has 1 atom stereocenters. The number of alkyl halides is 1. The molecule has 4 heteroatoms. The van der Waals surface area contributed by atoms with E-state index in [1.165, 1.54) is 0 Å². The van der Waals surface area contributed by atoms with E-state index in [-0.39, 0.29) is 11.3 Å². The summed E-state index contributed by atoms with van der Waals surface area (Å²) >= 11 is 6.09. The smallest absolute Gasteiger partial charge is 0.251 e. The van der Waals surface area contributed by atoms with Crippen LogP contribution in [0, 0.1) is 5.92 Å². The molecular formula is C14H21ClN2O. The molecule has 0 aromatic heterocycles. The third-order valence-electron chi connectivity index (χ3n) is 2.83. The van der Waals surface area contributed by atoms with Gasteiger partial charge in [0.2, 0.25) is 0 Å². The van der Waals surface area contributed by atoms with Crippen LogP contribution in [0.15, 0.2) is 24.3 Å². The van der Waals surface area contributed by atoms with E-state index in [0.717, 1.165) is 5.69 Å². The van der Waals surface area contributed by atoms with Crippen molar-refractivity contribution in [2.24, 2.45) is 5.92 Å². The number of halogens is 1. The number of hydrogen-bond acceptors (Lipinski definition) is 2. The third kappa shape index (κ3) is 4.22. The van der Waals surface area contributed by atoms with Crippen LogP contribution in [0.2, 0.25) is 0 Å². The van der Waals surface area contributed by atoms with Crippen LogP contribution >= 0.6 is 11.6 Å². The lowest BCUT2D eigenvalue weighted by atomic mass is 10.1. The first kappa shape index (κ1) is 14.8.